The summed E-state index contributed by atoms with van der Waals surface area (Å²) in [7, 11) is 0. The molecule has 2 aromatic rings. The SMILES string of the molecule is Cc1nc(CC(C)C)oc1C(=O)NC(Cc1ccccc1)C(=O)N1CCCCC1. The molecule has 3 rings (SSSR count). The molecular weight excluding hydrogens is 366 g/mol. The third-order valence-corrected chi connectivity index (χ3v) is 5.18. The Kier molecular flexibility index (Phi) is 7.07. The van der Waals surface area contributed by atoms with Crippen LogP contribution in [0.1, 0.15) is 60.8 Å². The van der Waals surface area contributed by atoms with Crippen molar-refractivity contribution in [2.75, 3.05) is 13.1 Å². The lowest BCUT2D eigenvalue weighted by molar-refractivity contribution is -0.134. The van der Waals surface area contributed by atoms with Crippen LogP contribution in [-0.2, 0) is 17.6 Å². The fourth-order valence-corrected chi connectivity index (χ4v) is 3.71. The summed E-state index contributed by atoms with van der Waals surface area (Å²) in [6.07, 6.45) is 4.30. The van der Waals surface area contributed by atoms with E-state index in [1.165, 1.54) is 0 Å². The summed E-state index contributed by atoms with van der Waals surface area (Å²) in [4.78, 5) is 32.4. The number of rotatable bonds is 7. The molecule has 29 heavy (non-hydrogen) atoms. The van der Waals surface area contributed by atoms with E-state index in [0.717, 1.165) is 37.9 Å². The lowest BCUT2D eigenvalue weighted by Crippen LogP contribution is -2.51. The smallest absolute Gasteiger partial charge is 0.289 e. The van der Waals surface area contributed by atoms with Gasteiger partial charge in [-0.1, -0.05) is 44.2 Å². The number of carbonyl (C=O) groups is 2. The van der Waals surface area contributed by atoms with Crippen molar-refractivity contribution in [2.24, 2.45) is 5.92 Å². The lowest BCUT2D eigenvalue weighted by Gasteiger charge is -2.30. The molecule has 0 spiro atoms. The zero-order valence-corrected chi connectivity index (χ0v) is 17.6. The number of aryl methyl sites for hydroxylation is 1. The molecule has 1 fully saturated rings. The minimum atomic E-state index is -0.624. The topological polar surface area (TPSA) is 75.4 Å². The van der Waals surface area contributed by atoms with E-state index in [4.69, 9.17) is 4.42 Å². The summed E-state index contributed by atoms with van der Waals surface area (Å²) in [6.45, 7) is 7.42. The Hall–Kier alpha value is -2.63. The van der Waals surface area contributed by atoms with Crippen LogP contribution in [-0.4, -0.2) is 40.8 Å². The summed E-state index contributed by atoms with van der Waals surface area (Å²) in [6, 6.07) is 9.15. The zero-order chi connectivity index (χ0) is 20.8. The van der Waals surface area contributed by atoms with Gasteiger partial charge in [-0.15, -0.1) is 0 Å². The third-order valence-electron chi connectivity index (χ3n) is 5.18. The third kappa shape index (κ3) is 5.68. The molecular formula is C23H31N3O3. The van der Waals surface area contributed by atoms with Crippen LogP contribution in [0.25, 0.3) is 0 Å². The van der Waals surface area contributed by atoms with Crippen molar-refractivity contribution in [3.05, 3.63) is 53.2 Å². The van der Waals surface area contributed by atoms with Gasteiger partial charge in [-0.3, -0.25) is 9.59 Å². The summed E-state index contributed by atoms with van der Waals surface area (Å²) >= 11 is 0. The van der Waals surface area contributed by atoms with E-state index in [2.05, 4.69) is 24.1 Å². The minimum absolute atomic E-state index is 0.0264. The number of nitrogens with one attached hydrogen (secondary N) is 1. The van der Waals surface area contributed by atoms with Gasteiger partial charge in [0.25, 0.3) is 5.91 Å². The van der Waals surface area contributed by atoms with Crippen molar-refractivity contribution in [1.82, 2.24) is 15.2 Å². The van der Waals surface area contributed by atoms with Crippen LogP contribution in [0.5, 0.6) is 0 Å². The highest BCUT2D eigenvalue weighted by Gasteiger charge is 2.29. The van der Waals surface area contributed by atoms with Crippen LogP contribution in [0, 0.1) is 12.8 Å². The molecule has 1 aliphatic rings. The molecule has 0 saturated carbocycles. The van der Waals surface area contributed by atoms with Gasteiger partial charge in [-0.2, -0.15) is 0 Å². The maximum Gasteiger partial charge on any atom is 0.289 e. The molecule has 1 unspecified atom stereocenters. The number of likely N-dealkylation sites (tertiary alicyclic amines) is 1. The monoisotopic (exact) mass is 397 g/mol. The predicted molar refractivity (Wildman–Crippen MR) is 112 cm³/mol. The Morgan fingerprint density at radius 3 is 2.45 bits per heavy atom. The number of amides is 2. The molecule has 0 bridgehead atoms. The molecule has 156 valence electrons. The zero-order valence-electron chi connectivity index (χ0n) is 17.6. The normalized spacial score (nSPS) is 15.4. The predicted octanol–water partition coefficient (Wildman–Crippen LogP) is 3.54. The first kappa shape index (κ1) is 21.1. The number of nitrogens with zero attached hydrogens (tertiary/aromatic N) is 2. The second-order valence-electron chi connectivity index (χ2n) is 8.22. The number of aromatic nitrogens is 1. The van der Waals surface area contributed by atoms with Gasteiger partial charge >= 0.3 is 0 Å². The Labute approximate surface area is 172 Å². The van der Waals surface area contributed by atoms with Crippen molar-refractivity contribution in [3.8, 4) is 0 Å². The van der Waals surface area contributed by atoms with Gasteiger partial charge < -0.3 is 14.6 Å². The quantitative estimate of drug-likeness (QED) is 0.775. The van der Waals surface area contributed by atoms with E-state index in [9.17, 15) is 9.59 Å². The van der Waals surface area contributed by atoms with E-state index in [-0.39, 0.29) is 17.6 Å². The van der Waals surface area contributed by atoms with Gasteiger partial charge in [0.1, 0.15) is 6.04 Å². The number of hydrogen-bond donors (Lipinski definition) is 1. The second kappa shape index (κ2) is 9.72. The maximum absolute atomic E-state index is 13.2. The van der Waals surface area contributed by atoms with Gasteiger partial charge in [0.2, 0.25) is 11.7 Å². The van der Waals surface area contributed by atoms with Gasteiger partial charge in [0.15, 0.2) is 5.89 Å². The molecule has 0 radical (unpaired) electrons. The summed E-state index contributed by atoms with van der Waals surface area (Å²) in [5, 5.41) is 2.92. The molecule has 1 atom stereocenters. The van der Waals surface area contributed by atoms with Crippen molar-refractivity contribution >= 4 is 11.8 Å². The number of oxazole rings is 1. The largest absolute Gasteiger partial charge is 0.435 e. The molecule has 1 saturated heterocycles. The number of benzene rings is 1. The van der Waals surface area contributed by atoms with E-state index in [1.807, 2.05) is 35.2 Å². The molecule has 1 N–H and O–H groups in total. The van der Waals surface area contributed by atoms with Crippen molar-refractivity contribution in [1.29, 1.82) is 0 Å². The van der Waals surface area contributed by atoms with Crippen molar-refractivity contribution < 1.29 is 14.0 Å². The van der Waals surface area contributed by atoms with Crippen LogP contribution in [0.2, 0.25) is 0 Å². The second-order valence-corrected chi connectivity index (χ2v) is 8.22. The Bertz CT molecular complexity index is 823. The molecule has 6 heteroatoms. The Morgan fingerprint density at radius 2 is 1.79 bits per heavy atom. The van der Waals surface area contributed by atoms with Gasteiger partial charge in [-0.05, 0) is 37.7 Å². The van der Waals surface area contributed by atoms with Gasteiger partial charge in [0.05, 0.1) is 5.69 Å². The van der Waals surface area contributed by atoms with Crippen LogP contribution in [0.3, 0.4) is 0 Å². The minimum Gasteiger partial charge on any atom is -0.435 e. The van der Waals surface area contributed by atoms with E-state index < -0.39 is 6.04 Å². The van der Waals surface area contributed by atoms with Gasteiger partial charge in [0, 0.05) is 25.9 Å². The standard InChI is InChI=1S/C23H31N3O3/c1-16(2)14-20-24-17(3)21(29-20)22(27)25-19(15-18-10-6-4-7-11-18)23(28)26-12-8-5-9-13-26/h4,6-7,10-11,16,19H,5,8-9,12-15H2,1-3H3,(H,25,27). The molecule has 1 aromatic carbocycles. The molecule has 1 aromatic heterocycles. The highest BCUT2D eigenvalue weighted by atomic mass is 16.4. The fourth-order valence-electron chi connectivity index (χ4n) is 3.71. The molecule has 0 aliphatic carbocycles. The first-order valence-electron chi connectivity index (χ1n) is 10.5. The first-order valence-corrected chi connectivity index (χ1v) is 10.5. The van der Waals surface area contributed by atoms with E-state index in [0.29, 0.717) is 30.3 Å². The highest BCUT2D eigenvalue weighted by molar-refractivity contribution is 5.96. The Morgan fingerprint density at radius 1 is 1.10 bits per heavy atom. The van der Waals surface area contributed by atoms with Crippen LogP contribution in [0.4, 0.5) is 0 Å². The summed E-state index contributed by atoms with van der Waals surface area (Å²) in [5.74, 6) is 0.739. The van der Waals surface area contributed by atoms with Crippen LogP contribution < -0.4 is 5.32 Å². The number of hydrogen-bond acceptors (Lipinski definition) is 4. The van der Waals surface area contributed by atoms with Gasteiger partial charge in [-0.25, -0.2) is 4.98 Å². The Balaban J connectivity index is 1.77. The average Bonchev–Trinajstić information content (AvgIpc) is 3.07. The highest BCUT2D eigenvalue weighted by Crippen LogP contribution is 2.16. The first-order chi connectivity index (χ1) is 13.9. The van der Waals surface area contributed by atoms with E-state index >= 15 is 0 Å². The van der Waals surface area contributed by atoms with Crippen molar-refractivity contribution in [2.45, 2.75) is 58.9 Å². The summed E-state index contributed by atoms with van der Waals surface area (Å²) < 4.78 is 5.72. The summed E-state index contributed by atoms with van der Waals surface area (Å²) in [5.41, 5.74) is 1.57. The van der Waals surface area contributed by atoms with Crippen molar-refractivity contribution in [3.63, 3.8) is 0 Å². The lowest BCUT2D eigenvalue weighted by atomic mass is 10.0. The number of carbonyl (C=O) groups excluding carboxylic acids is 2. The van der Waals surface area contributed by atoms with Crippen LogP contribution in [0.15, 0.2) is 34.7 Å². The maximum atomic E-state index is 13.2. The molecule has 1 aliphatic heterocycles. The fraction of sp³-hybridized carbons (Fsp3) is 0.522. The number of piperidine rings is 1. The molecule has 2 amide bonds. The van der Waals surface area contributed by atoms with Crippen LogP contribution >= 0.6 is 0 Å². The van der Waals surface area contributed by atoms with E-state index in [1.54, 1.807) is 6.92 Å². The average molecular weight is 398 g/mol. The molecule has 6 nitrogen and oxygen atoms in total. The molecule has 2 heterocycles.